The molecule has 0 aliphatic heterocycles. The Hall–Kier alpha value is -2.50. The lowest BCUT2D eigenvalue weighted by Gasteiger charge is -1.99. The number of H-pyrrole nitrogens is 1. The predicted molar refractivity (Wildman–Crippen MR) is 74.3 cm³/mol. The van der Waals surface area contributed by atoms with Crippen LogP contribution in [0.2, 0.25) is 0 Å². The minimum Gasteiger partial charge on any atom is -0.507 e. The van der Waals surface area contributed by atoms with Crippen LogP contribution in [0, 0.1) is 27.7 Å². The molecule has 0 aliphatic rings. The zero-order valence-corrected chi connectivity index (χ0v) is 11.8. The van der Waals surface area contributed by atoms with Crippen LogP contribution in [-0.4, -0.2) is 15.2 Å². The van der Waals surface area contributed by atoms with Crippen molar-refractivity contribution in [1.82, 2.24) is 4.98 Å². The minimum absolute atomic E-state index is 0.00579. The van der Waals surface area contributed by atoms with Crippen molar-refractivity contribution in [3.05, 3.63) is 55.5 Å². The van der Waals surface area contributed by atoms with Crippen LogP contribution in [0.1, 0.15) is 22.6 Å². The van der Waals surface area contributed by atoms with E-state index in [2.05, 4.69) is 9.40 Å². The van der Waals surface area contributed by atoms with E-state index < -0.39 is 5.63 Å². The lowest BCUT2D eigenvalue weighted by atomic mass is 10.2. The molecule has 0 saturated heterocycles. The Labute approximate surface area is 115 Å². The van der Waals surface area contributed by atoms with Crippen molar-refractivity contribution in [2.45, 2.75) is 27.7 Å². The topological polar surface area (TPSA) is 104 Å². The lowest BCUT2D eigenvalue weighted by molar-refractivity contribution is 0.427. The summed E-state index contributed by atoms with van der Waals surface area (Å²) in [6.07, 6.45) is 0. The number of aromatic nitrogens is 1. The van der Waals surface area contributed by atoms with Gasteiger partial charge in [-0.25, -0.2) is 4.79 Å². The summed E-state index contributed by atoms with van der Waals surface area (Å²) in [5.74, 6) is 0.514. The van der Waals surface area contributed by atoms with Gasteiger partial charge in [-0.2, -0.15) is 0 Å². The highest BCUT2D eigenvalue weighted by Gasteiger charge is 2.01. The summed E-state index contributed by atoms with van der Waals surface area (Å²) in [4.78, 5) is 23.7. The number of nitrogens with one attached hydrogen (secondary N) is 1. The molecule has 3 N–H and O–H groups in total. The molecular formula is C14H17NO5. The largest absolute Gasteiger partial charge is 0.507 e. The van der Waals surface area contributed by atoms with Crippen LogP contribution >= 0.6 is 0 Å². The van der Waals surface area contributed by atoms with E-state index in [0.29, 0.717) is 17.0 Å². The number of rotatable bonds is 0. The normalized spacial score (nSPS) is 9.80. The summed E-state index contributed by atoms with van der Waals surface area (Å²) >= 11 is 0. The minimum atomic E-state index is -0.513. The molecule has 0 bridgehead atoms. The Bertz CT molecular complexity index is 611. The maximum Gasteiger partial charge on any atom is 0.339 e. The fraction of sp³-hybridized carbons (Fsp3) is 0.286. The van der Waals surface area contributed by atoms with Crippen LogP contribution < -0.4 is 11.2 Å². The molecule has 2 heterocycles. The Morgan fingerprint density at radius 3 is 2.00 bits per heavy atom. The molecule has 20 heavy (non-hydrogen) atoms. The second kappa shape index (κ2) is 6.10. The van der Waals surface area contributed by atoms with Gasteiger partial charge in [-0.15, -0.1) is 0 Å². The molecular weight excluding hydrogens is 262 g/mol. The SMILES string of the molecule is Cc1[nH]c(=O)cc(O)c1C.Cc1oc(=O)cc(O)c1C. The lowest BCUT2D eigenvalue weighted by Crippen LogP contribution is -2.06. The van der Waals surface area contributed by atoms with Gasteiger partial charge in [-0.3, -0.25) is 4.79 Å². The molecule has 0 atom stereocenters. The highest BCUT2D eigenvalue weighted by atomic mass is 16.4. The highest BCUT2D eigenvalue weighted by Crippen LogP contribution is 2.15. The molecule has 0 fully saturated rings. The molecule has 0 spiro atoms. The van der Waals surface area contributed by atoms with Crippen molar-refractivity contribution in [1.29, 1.82) is 0 Å². The van der Waals surface area contributed by atoms with Crippen LogP contribution in [0.15, 0.2) is 26.1 Å². The molecule has 2 rings (SSSR count). The van der Waals surface area contributed by atoms with E-state index in [1.165, 1.54) is 6.07 Å². The number of aromatic hydroxyl groups is 2. The van der Waals surface area contributed by atoms with Crippen molar-refractivity contribution in [2.24, 2.45) is 0 Å². The third-order valence-electron chi connectivity index (χ3n) is 2.95. The number of hydrogen-bond acceptors (Lipinski definition) is 5. The molecule has 0 radical (unpaired) electrons. The third-order valence-corrected chi connectivity index (χ3v) is 2.95. The van der Waals surface area contributed by atoms with E-state index in [1.807, 2.05) is 0 Å². The first kappa shape index (κ1) is 15.6. The number of aryl methyl sites for hydroxylation is 2. The molecule has 0 aromatic carbocycles. The van der Waals surface area contributed by atoms with Gasteiger partial charge in [0.15, 0.2) is 0 Å². The van der Waals surface area contributed by atoms with Gasteiger partial charge in [0, 0.05) is 22.9 Å². The van der Waals surface area contributed by atoms with Gasteiger partial charge in [-0.1, -0.05) is 0 Å². The first-order valence-corrected chi connectivity index (χ1v) is 5.92. The summed E-state index contributed by atoms with van der Waals surface area (Å²) in [6.45, 7) is 6.82. The summed E-state index contributed by atoms with van der Waals surface area (Å²) in [5.41, 5.74) is 1.27. The number of hydrogen-bond donors (Lipinski definition) is 3. The van der Waals surface area contributed by atoms with Crippen molar-refractivity contribution in [3.63, 3.8) is 0 Å². The summed E-state index contributed by atoms with van der Waals surface area (Å²) in [6, 6.07) is 2.23. The molecule has 2 aromatic rings. The molecule has 0 unspecified atom stereocenters. The Kier molecular flexibility index (Phi) is 4.74. The van der Waals surface area contributed by atoms with E-state index in [-0.39, 0.29) is 17.1 Å². The van der Waals surface area contributed by atoms with Gasteiger partial charge in [0.25, 0.3) is 5.56 Å². The first-order chi connectivity index (χ1) is 9.22. The fourth-order valence-electron chi connectivity index (χ4n) is 1.40. The third kappa shape index (κ3) is 3.74. The van der Waals surface area contributed by atoms with Crippen LogP contribution in [0.5, 0.6) is 11.5 Å². The van der Waals surface area contributed by atoms with Gasteiger partial charge in [0.2, 0.25) is 0 Å². The fourth-order valence-corrected chi connectivity index (χ4v) is 1.40. The molecule has 6 nitrogen and oxygen atoms in total. The standard InChI is InChI=1S/C7H9NO2.C7H8O3/c1-4-5(2)8-7(10)3-6(4)9;1-4-5(2)10-7(9)3-6(4)8/h3H,1-2H3,(H2,8,9,10);3,8H,1-2H3. The Morgan fingerprint density at radius 1 is 0.950 bits per heavy atom. The second-order valence-corrected chi connectivity index (χ2v) is 4.40. The van der Waals surface area contributed by atoms with E-state index >= 15 is 0 Å². The van der Waals surface area contributed by atoms with Crippen LogP contribution in [0.4, 0.5) is 0 Å². The summed E-state index contributed by atoms with van der Waals surface area (Å²) in [5, 5.41) is 18.1. The average molecular weight is 279 g/mol. The quantitative estimate of drug-likeness (QED) is 0.680. The highest BCUT2D eigenvalue weighted by molar-refractivity contribution is 5.32. The summed E-state index contributed by atoms with van der Waals surface area (Å²) in [7, 11) is 0. The van der Waals surface area contributed by atoms with Gasteiger partial charge < -0.3 is 19.6 Å². The van der Waals surface area contributed by atoms with Gasteiger partial charge in [0.05, 0.1) is 6.07 Å². The molecule has 2 aromatic heterocycles. The van der Waals surface area contributed by atoms with Crippen LogP contribution in [0.3, 0.4) is 0 Å². The van der Waals surface area contributed by atoms with E-state index in [9.17, 15) is 9.59 Å². The molecule has 0 saturated carbocycles. The van der Waals surface area contributed by atoms with E-state index in [4.69, 9.17) is 10.2 Å². The first-order valence-electron chi connectivity index (χ1n) is 5.92. The van der Waals surface area contributed by atoms with Crippen molar-refractivity contribution < 1.29 is 14.6 Å². The Balaban J connectivity index is 0.000000200. The molecule has 0 aliphatic carbocycles. The average Bonchev–Trinajstić information content (AvgIpc) is 2.33. The molecule has 0 amide bonds. The van der Waals surface area contributed by atoms with Crippen molar-refractivity contribution in [2.75, 3.05) is 0 Å². The van der Waals surface area contributed by atoms with Gasteiger partial charge >= 0.3 is 5.63 Å². The van der Waals surface area contributed by atoms with Crippen LogP contribution in [0.25, 0.3) is 0 Å². The maximum absolute atomic E-state index is 10.6. The Morgan fingerprint density at radius 2 is 1.50 bits per heavy atom. The predicted octanol–water partition coefficient (Wildman–Crippen LogP) is 1.66. The monoisotopic (exact) mass is 279 g/mol. The molecule has 6 heteroatoms. The zero-order chi connectivity index (χ0) is 15.4. The van der Waals surface area contributed by atoms with Gasteiger partial charge in [-0.05, 0) is 27.7 Å². The van der Waals surface area contributed by atoms with Crippen LogP contribution in [-0.2, 0) is 0 Å². The zero-order valence-electron chi connectivity index (χ0n) is 11.8. The van der Waals surface area contributed by atoms with Crippen molar-refractivity contribution >= 4 is 0 Å². The number of pyridine rings is 1. The van der Waals surface area contributed by atoms with Gasteiger partial charge in [0.1, 0.15) is 17.3 Å². The van der Waals surface area contributed by atoms with E-state index in [1.54, 1.807) is 27.7 Å². The maximum atomic E-state index is 10.6. The molecule has 108 valence electrons. The second-order valence-electron chi connectivity index (χ2n) is 4.40. The smallest absolute Gasteiger partial charge is 0.339 e. The van der Waals surface area contributed by atoms with E-state index in [0.717, 1.165) is 11.6 Å². The van der Waals surface area contributed by atoms with Crippen molar-refractivity contribution in [3.8, 4) is 11.5 Å². The summed E-state index contributed by atoms with van der Waals surface area (Å²) < 4.78 is 4.67. The number of aromatic amines is 1.